The molecule has 1 aliphatic rings. The van der Waals surface area contributed by atoms with Crippen LogP contribution in [0.5, 0.6) is 5.75 Å². The van der Waals surface area contributed by atoms with Gasteiger partial charge in [0.1, 0.15) is 5.75 Å². The van der Waals surface area contributed by atoms with Crippen LogP contribution >= 0.6 is 27.7 Å². The third kappa shape index (κ3) is 2.74. The quantitative estimate of drug-likeness (QED) is 0.670. The van der Waals surface area contributed by atoms with E-state index in [1.54, 1.807) is 11.8 Å². The molecular formula is C15H14BrNOS. The summed E-state index contributed by atoms with van der Waals surface area (Å²) < 4.78 is 6.71. The summed E-state index contributed by atoms with van der Waals surface area (Å²) in [5.41, 5.74) is 8.16. The molecule has 4 heteroatoms. The highest BCUT2D eigenvalue weighted by Gasteiger charge is 2.23. The zero-order valence-electron chi connectivity index (χ0n) is 10.3. The highest BCUT2D eigenvalue weighted by molar-refractivity contribution is 9.10. The number of fused-ring (bicyclic) bond motifs is 1. The van der Waals surface area contributed by atoms with E-state index in [2.05, 4.69) is 34.1 Å². The number of ether oxygens (including phenoxy) is 1. The summed E-state index contributed by atoms with van der Waals surface area (Å²) in [6.07, 6.45) is 0. The van der Waals surface area contributed by atoms with Crippen molar-refractivity contribution in [2.75, 3.05) is 18.1 Å². The first-order valence-electron chi connectivity index (χ1n) is 6.13. The van der Waals surface area contributed by atoms with E-state index < -0.39 is 0 Å². The van der Waals surface area contributed by atoms with Crippen LogP contribution in [0.4, 0.5) is 5.69 Å². The fourth-order valence-corrected chi connectivity index (χ4v) is 3.63. The minimum absolute atomic E-state index is 0.448. The molecule has 1 heterocycles. The molecule has 0 amide bonds. The average molecular weight is 336 g/mol. The van der Waals surface area contributed by atoms with Crippen LogP contribution in [0.2, 0.25) is 0 Å². The Bertz CT molecular complexity index is 602. The van der Waals surface area contributed by atoms with Gasteiger partial charge in [0.05, 0.1) is 6.61 Å². The van der Waals surface area contributed by atoms with Crippen LogP contribution in [-0.2, 0) is 0 Å². The van der Waals surface area contributed by atoms with Crippen molar-refractivity contribution in [3.05, 3.63) is 52.5 Å². The van der Waals surface area contributed by atoms with E-state index >= 15 is 0 Å². The van der Waals surface area contributed by atoms with Crippen molar-refractivity contribution in [2.24, 2.45) is 0 Å². The van der Waals surface area contributed by atoms with Crippen LogP contribution in [0.15, 0.2) is 51.8 Å². The van der Waals surface area contributed by atoms with Crippen molar-refractivity contribution in [2.45, 2.75) is 10.8 Å². The zero-order valence-corrected chi connectivity index (χ0v) is 12.7. The molecule has 0 radical (unpaired) electrons. The highest BCUT2D eigenvalue weighted by atomic mass is 79.9. The van der Waals surface area contributed by atoms with Crippen molar-refractivity contribution in [1.29, 1.82) is 0 Å². The summed E-state index contributed by atoms with van der Waals surface area (Å²) in [5.74, 6) is 2.46. The summed E-state index contributed by atoms with van der Waals surface area (Å²) in [4.78, 5) is 1.13. The molecule has 1 aliphatic heterocycles. The molecule has 1 atom stereocenters. The van der Waals surface area contributed by atoms with Crippen molar-refractivity contribution in [3.8, 4) is 5.75 Å². The van der Waals surface area contributed by atoms with E-state index in [9.17, 15) is 0 Å². The summed E-state index contributed by atoms with van der Waals surface area (Å²) in [5, 5.41) is 0. The van der Waals surface area contributed by atoms with E-state index in [0.717, 1.165) is 33.2 Å². The summed E-state index contributed by atoms with van der Waals surface area (Å²) >= 11 is 5.22. The number of benzene rings is 2. The van der Waals surface area contributed by atoms with E-state index in [4.69, 9.17) is 10.5 Å². The van der Waals surface area contributed by atoms with E-state index in [1.807, 2.05) is 24.3 Å². The Balaban J connectivity index is 1.71. The summed E-state index contributed by atoms with van der Waals surface area (Å²) in [6, 6.07) is 14.3. The first-order valence-corrected chi connectivity index (χ1v) is 7.91. The standard InChI is InChI=1S/C15H14BrNOS/c16-11-5-6-15(13(17)7-11)19-9-10-8-18-14-4-2-1-3-12(10)14/h1-7,10H,8-9,17H2. The molecular weight excluding hydrogens is 322 g/mol. The van der Waals surface area contributed by atoms with Gasteiger partial charge in [0.15, 0.2) is 0 Å². The number of thioether (sulfide) groups is 1. The van der Waals surface area contributed by atoms with Crippen molar-refractivity contribution < 1.29 is 4.74 Å². The minimum atomic E-state index is 0.448. The fourth-order valence-electron chi connectivity index (χ4n) is 2.21. The number of halogens is 1. The van der Waals surface area contributed by atoms with Gasteiger partial charge in [-0.25, -0.2) is 0 Å². The van der Waals surface area contributed by atoms with Crippen molar-refractivity contribution >= 4 is 33.4 Å². The largest absolute Gasteiger partial charge is 0.493 e. The fraction of sp³-hybridized carbons (Fsp3) is 0.200. The smallest absolute Gasteiger partial charge is 0.122 e. The number of para-hydroxylation sites is 1. The Morgan fingerprint density at radius 3 is 2.95 bits per heavy atom. The number of nitrogens with two attached hydrogens (primary N) is 1. The third-order valence-corrected chi connectivity index (χ3v) is 4.96. The van der Waals surface area contributed by atoms with Crippen LogP contribution in [-0.4, -0.2) is 12.4 Å². The minimum Gasteiger partial charge on any atom is -0.493 e. The molecule has 0 spiro atoms. The number of anilines is 1. The molecule has 2 N–H and O–H groups in total. The number of nitrogen functional groups attached to an aromatic ring is 1. The molecule has 19 heavy (non-hydrogen) atoms. The van der Waals surface area contributed by atoms with Gasteiger partial charge in [-0.15, -0.1) is 11.8 Å². The highest BCUT2D eigenvalue weighted by Crippen LogP contribution is 2.38. The average Bonchev–Trinajstić information content (AvgIpc) is 2.81. The number of rotatable bonds is 3. The van der Waals surface area contributed by atoms with Crippen molar-refractivity contribution in [1.82, 2.24) is 0 Å². The Kier molecular flexibility index (Phi) is 3.71. The normalized spacial score (nSPS) is 17.0. The molecule has 2 aromatic rings. The Hall–Kier alpha value is -1.13. The van der Waals surface area contributed by atoms with Gasteiger partial charge in [0, 0.05) is 32.3 Å². The van der Waals surface area contributed by atoms with E-state index in [0.29, 0.717) is 5.92 Å². The van der Waals surface area contributed by atoms with Crippen LogP contribution in [0, 0.1) is 0 Å². The van der Waals surface area contributed by atoms with Gasteiger partial charge in [0.25, 0.3) is 0 Å². The van der Waals surface area contributed by atoms with Crippen LogP contribution in [0.25, 0.3) is 0 Å². The molecule has 3 rings (SSSR count). The Morgan fingerprint density at radius 2 is 2.11 bits per heavy atom. The molecule has 2 nitrogen and oxygen atoms in total. The van der Waals surface area contributed by atoms with Crippen molar-refractivity contribution in [3.63, 3.8) is 0 Å². The molecule has 0 saturated heterocycles. The first-order chi connectivity index (χ1) is 9.24. The molecule has 0 aliphatic carbocycles. The zero-order chi connectivity index (χ0) is 13.2. The number of hydrogen-bond acceptors (Lipinski definition) is 3. The van der Waals surface area contributed by atoms with E-state index in [1.165, 1.54) is 5.56 Å². The summed E-state index contributed by atoms with van der Waals surface area (Å²) in [6.45, 7) is 0.767. The van der Waals surface area contributed by atoms with Gasteiger partial charge in [-0.1, -0.05) is 34.1 Å². The van der Waals surface area contributed by atoms with Crippen LogP contribution in [0.1, 0.15) is 11.5 Å². The summed E-state index contributed by atoms with van der Waals surface area (Å²) in [7, 11) is 0. The molecule has 98 valence electrons. The second kappa shape index (κ2) is 5.47. The maximum Gasteiger partial charge on any atom is 0.122 e. The molecule has 1 unspecified atom stereocenters. The van der Waals surface area contributed by atoms with Gasteiger partial charge >= 0.3 is 0 Å². The third-order valence-electron chi connectivity index (χ3n) is 3.21. The lowest BCUT2D eigenvalue weighted by Crippen LogP contribution is -2.03. The van der Waals surface area contributed by atoms with Gasteiger partial charge in [0.2, 0.25) is 0 Å². The Morgan fingerprint density at radius 1 is 1.26 bits per heavy atom. The maximum absolute atomic E-state index is 6.02. The van der Waals surface area contributed by atoms with E-state index in [-0.39, 0.29) is 0 Å². The monoisotopic (exact) mass is 335 g/mol. The van der Waals surface area contributed by atoms with Gasteiger partial charge in [-0.05, 0) is 24.3 Å². The lowest BCUT2D eigenvalue weighted by atomic mass is 10.0. The second-order valence-electron chi connectivity index (χ2n) is 4.54. The lowest BCUT2D eigenvalue weighted by Gasteiger charge is -2.10. The Labute approximate surface area is 125 Å². The topological polar surface area (TPSA) is 35.2 Å². The number of hydrogen-bond donors (Lipinski definition) is 1. The predicted octanol–water partition coefficient (Wildman–Crippen LogP) is 4.30. The predicted molar refractivity (Wildman–Crippen MR) is 84.0 cm³/mol. The first kappa shape index (κ1) is 12.9. The second-order valence-corrected chi connectivity index (χ2v) is 6.52. The van der Waals surface area contributed by atoms with Crippen LogP contribution in [0.3, 0.4) is 0 Å². The molecule has 0 aromatic heterocycles. The SMILES string of the molecule is Nc1cc(Br)ccc1SCC1COc2ccccc21. The lowest BCUT2D eigenvalue weighted by molar-refractivity contribution is 0.339. The van der Waals surface area contributed by atoms with Gasteiger partial charge in [-0.2, -0.15) is 0 Å². The molecule has 0 bridgehead atoms. The van der Waals surface area contributed by atoms with Gasteiger partial charge < -0.3 is 10.5 Å². The van der Waals surface area contributed by atoms with Crippen LogP contribution < -0.4 is 10.5 Å². The molecule has 2 aromatic carbocycles. The maximum atomic E-state index is 6.02. The molecule has 0 fully saturated rings. The van der Waals surface area contributed by atoms with Gasteiger partial charge in [-0.3, -0.25) is 0 Å². The molecule has 0 saturated carbocycles.